The molecule has 0 atom stereocenters. The van der Waals surface area contributed by atoms with E-state index in [1.807, 2.05) is 48.7 Å². The van der Waals surface area contributed by atoms with E-state index in [-0.39, 0.29) is 11.2 Å². The van der Waals surface area contributed by atoms with E-state index in [9.17, 15) is 0 Å². The Morgan fingerprint density at radius 1 is 0.383 bits per heavy atom. The Bertz CT molecular complexity index is 2360. The third-order valence-corrected chi connectivity index (χ3v) is 16.9. The van der Waals surface area contributed by atoms with Gasteiger partial charge in [0.05, 0.1) is 16.9 Å². The minimum Gasteiger partial charge on any atom is -0.455 e. The van der Waals surface area contributed by atoms with E-state index in [1.54, 1.807) is 0 Å². The van der Waals surface area contributed by atoms with Gasteiger partial charge < -0.3 is 13.7 Å². The molecule has 0 aliphatic carbocycles. The van der Waals surface area contributed by atoms with Crippen LogP contribution in [0.3, 0.4) is 0 Å². The van der Waals surface area contributed by atoms with Gasteiger partial charge in [-0.2, -0.15) is 0 Å². The fourth-order valence-electron chi connectivity index (χ4n) is 12.6. The van der Waals surface area contributed by atoms with Gasteiger partial charge >= 0.3 is 7.12 Å². The Morgan fingerprint density at radius 2 is 0.716 bits per heavy atom. The highest BCUT2D eigenvalue weighted by molar-refractivity contribution is 8.36. The van der Waals surface area contributed by atoms with E-state index in [4.69, 9.17) is 223 Å². The number of para-hydroxylation sites is 2. The highest BCUT2D eigenvalue weighted by Crippen LogP contribution is 2.38. The lowest BCUT2D eigenvalue weighted by Gasteiger charge is -2.57. The van der Waals surface area contributed by atoms with Crippen LogP contribution in [0, 0.1) is 0 Å². The van der Waals surface area contributed by atoms with Crippen molar-refractivity contribution < 1.29 is 13.7 Å². The maximum Gasteiger partial charge on any atom is 0.496 e. The SMILES string of the molecule is CC1(C)OB(c2ccc(-c3cccc4c3oc3ccccc34)nc2)OC1(C)C.[B][B]B(B([B])[B])B(B(B([B])[B])B([B])[B])B(B(B([B])[B])B([B])[B])B(B(B(B([B])[B])B([B])[B])B(B([B])[B])B([B])[B])B(B(B([B])[B])B([B])[B])B(B([B])[B])B([B])[B]. The molecule has 2 aromatic carbocycles. The molecule has 55 radical (unpaired) electrons. The Morgan fingerprint density at radius 3 is 1.05 bits per heavy atom. The van der Waals surface area contributed by atoms with E-state index in [0.717, 1.165) is 38.7 Å². The van der Waals surface area contributed by atoms with Gasteiger partial charge in [0, 0.05) is 404 Å². The van der Waals surface area contributed by atoms with Crippen LogP contribution < -0.4 is 5.46 Å². The van der Waals surface area contributed by atoms with E-state index >= 15 is 0 Å². The van der Waals surface area contributed by atoms with Gasteiger partial charge in [-0.15, -0.1) is 0 Å². The lowest BCUT2D eigenvalue weighted by Crippen LogP contribution is -2.95. The van der Waals surface area contributed by atoms with Crippen molar-refractivity contribution in [1.82, 2.24) is 4.98 Å². The monoisotopic (exact) mass is 955 g/mol. The Balaban J connectivity index is 0.000000413. The van der Waals surface area contributed by atoms with Crippen molar-refractivity contribution in [2.45, 2.75) is 38.9 Å². The molecule has 1 saturated heterocycles. The van der Waals surface area contributed by atoms with Crippen molar-refractivity contribution in [3.63, 3.8) is 0 Å². The lowest BCUT2D eigenvalue weighted by molar-refractivity contribution is 0.00578. The first-order chi connectivity index (χ1) is 37.5. The first-order valence-corrected chi connectivity index (χ1v) is 26.9. The lowest BCUT2D eigenvalue weighted by atomic mass is 8.24. The summed E-state index contributed by atoms with van der Waals surface area (Å²) >= 11 is 0. The van der Waals surface area contributed by atoms with Crippen LogP contribution in [0.25, 0.3) is 33.2 Å². The minimum absolute atomic E-state index is 0.365. The van der Waals surface area contributed by atoms with Gasteiger partial charge in [0.1, 0.15) is 11.2 Å². The van der Waals surface area contributed by atoms with Crippen LogP contribution in [-0.2, 0) is 9.31 Å². The van der Waals surface area contributed by atoms with Crippen LogP contribution >= 0.6 is 0 Å². The molecule has 1 fully saturated rings. The summed E-state index contributed by atoms with van der Waals surface area (Å²) in [6, 6.07) is 18.3. The van der Waals surface area contributed by atoms with Crippen LogP contribution in [0.5, 0.6) is 0 Å². The molecule has 0 bridgehead atoms. The molecular weight excluding hydrogens is 922 g/mol. The predicted octanol–water partition coefficient (Wildman–Crippen LogP) is -15.2. The number of hydrogen-bond donors (Lipinski definition) is 0. The summed E-state index contributed by atoms with van der Waals surface area (Å²) in [6.45, 7) is 8.21. The molecule has 3 heterocycles. The average Bonchev–Trinajstić information content (AvgIpc) is 3.97. The second-order valence-corrected chi connectivity index (χ2v) is 23.0. The van der Waals surface area contributed by atoms with Crippen molar-refractivity contribution in [3.8, 4) is 11.3 Å². The largest absolute Gasteiger partial charge is 0.496 e. The van der Waals surface area contributed by atoms with E-state index in [0.29, 0.717) is 0 Å². The zero-order valence-corrected chi connectivity index (χ0v) is 47.1. The van der Waals surface area contributed by atoms with Gasteiger partial charge in [0.25, 0.3) is 0 Å². The number of pyridine rings is 1. The maximum atomic E-state index is 6.56. The standard InChI is InChI=1S/C23H22BNO3.B53/c1-22(2)23(3,4)28-24(27-22)15-12-13-19(25-14-15)18-10-7-9-17-16-8-5-6-11-20(16)26-21(17)18;1-28-42(29(2)3)49(43(30(4)5)31(6)7)52(48(40(24)25)41(26)27)53(50(44(32(8)9)33(10)11)45(34(12)13)35(14)15)51(46(36(16)17)37(18)19)47(38(20)21)39(22)23/h5-14H,1-4H3;. The number of aromatic nitrogens is 1. The first kappa shape index (κ1) is 74.3. The zero-order chi connectivity index (χ0) is 61.7. The van der Waals surface area contributed by atoms with Crippen LogP contribution in [-0.4, -0.2) is 399 Å². The molecule has 4 nitrogen and oxygen atoms in total. The molecule has 0 saturated carbocycles. The van der Waals surface area contributed by atoms with Crippen molar-refractivity contribution >= 4 is 410 Å². The molecule has 0 unspecified atom stereocenters. The summed E-state index contributed by atoms with van der Waals surface area (Å²) in [5.74, 6) is 0. The first-order valence-electron chi connectivity index (χ1n) is 26.9. The molecule has 1 aliphatic heterocycles. The Kier molecular flexibility index (Phi) is 29.4. The average molecular weight is 944 g/mol. The summed E-state index contributed by atoms with van der Waals surface area (Å²) in [5, 5.41) is 2.22. The van der Waals surface area contributed by atoms with Gasteiger partial charge in [0.15, 0.2) is 0 Å². The predicted molar refractivity (Wildman–Crippen MR) is 418 cm³/mol. The normalized spacial score (nSPS) is 12.6. The van der Waals surface area contributed by atoms with Gasteiger partial charge in [-0.3, -0.25) is 4.98 Å². The van der Waals surface area contributed by atoms with Gasteiger partial charge in [-0.25, -0.2) is 0 Å². The summed E-state index contributed by atoms with van der Waals surface area (Å²) in [5.41, 5.74) is 3.78. The third kappa shape index (κ3) is 17.6. The number of benzene rings is 2. The maximum absolute atomic E-state index is 6.56. The van der Waals surface area contributed by atoms with Crippen molar-refractivity contribution in [2.24, 2.45) is 0 Å². The zero-order valence-electron chi connectivity index (χ0n) is 47.1. The van der Waals surface area contributed by atoms with Gasteiger partial charge in [-0.05, 0) is 45.9 Å². The van der Waals surface area contributed by atoms with Crippen LogP contribution in [0.4, 0.5) is 0 Å². The van der Waals surface area contributed by atoms with Crippen LogP contribution in [0.1, 0.15) is 27.7 Å². The molecule has 0 N–H and O–H groups in total. The summed E-state index contributed by atoms with van der Waals surface area (Å²) in [4.78, 5) is 4.69. The quantitative estimate of drug-likeness (QED) is 0.0559. The fraction of sp³-hybridized carbons (Fsp3) is 0.261. The molecule has 0 amide bonds. The molecule has 58 heteroatoms. The second-order valence-electron chi connectivity index (χ2n) is 23.0. The van der Waals surface area contributed by atoms with Crippen molar-refractivity contribution in [3.05, 3.63) is 60.8 Å². The summed E-state index contributed by atoms with van der Waals surface area (Å²) in [7, 11) is 176. The number of rotatable bonds is 27. The number of nitrogens with zero attached hydrogens (tertiary/aromatic N) is 1. The fourth-order valence-corrected chi connectivity index (χ4v) is 12.6. The topological polar surface area (TPSA) is 44.5 Å². The Hall–Kier alpha value is 0.816. The molecule has 5 rings (SSSR count). The third-order valence-electron chi connectivity index (χ3n) is 16.9. The number of hydrogen-bond acceptors (Lipinski definition) is 4. The van der Waals surface area contributed by atoms with E-state index in [2.05, 4.69) is 44.8 Å². The second kappa shape index (κ2) is 32.0. The van der Waals surface area contributed by atoms with E-state index < -0.39 is 167 Å². The molecule has 81 heavy (non-hydrogen) atoms. The molecule has 2 aromatic heterocycles. The van der Waals surface area contributed by atoms with Crippen LogP contribution in [0.2, 0.25) is 0 Å². The molecule has 1 aliphatic rings. The molecule has 299 valence electrons. The van der Waals surface area contributed by atoms with E-state index in [1.165, 1.54) is 7.06 Å². The highest BCUT2D eigenvalue weighted by Gasteiger charge is 2.61. The van der Waals surface area contributed by atoms with Gasteiger partial charge in [0.2, 0.25) is 0 Å². The summed E-state index contributed by atoms with van der Waals surface area (Å²) < 4.78 is 18.4. The summed E-state index contributed by atoms with van der Waals surface area (Å²) in [6.07, 6.45) is -30.8. The smallest absolute Gasteiger partial charge is 0.455 e. The molecule has 0 spiro atoms. The highest BCUT2D eigenvalue weighted by atomic mass is 16.7. The van der Waals surface area contributed by atoms with Gasteiger partial charge in [-0.1, -0.05) is 36.4 Å². The Labute approximate surface area is 535 Å². The minimum atomic E-state index is -1.40. The van der Waals surface area contributed by atoms with Crippen molar-refractivity contribution in [1.29, 1.82) is 0 Å². The number of fused-ring (bicyclic) bond motifs is 3. The van der Waals surface area contributed by atoms with Crippen LogP contribution in [0.15, 0.2) is 65.2 Å². The van der Waals surface area contributed by atoms with Crippen molar-refractivity contribution in [2.75, 3.05) is 0 Å². The number of furan rings is 1. The molecular formula is C23H22B54NO3. The molecule has 4 aromatic rings.